The predicted molar refractivity (Wildman–Crippen MR) is 44.4 cm³/mol. The first-order valence-electron chi connectivity index (χ1n) is 3.80. The van der Waals surface area contributed by atoms with Crippen LogP contribution in [0.5, 0.6) is 0 Å². The van der Waals surface area contributed by atoms with Crippen molar-refractivity contribution in [3.8, 4) is 0 Å². The van der Waals surface area contributed by atoms with E-state index in [4.69, 9.17) is 0 Å². The minimum atomic E-state index is 1.04. The Morgan fingerprint density at radius 2 is 2.36 bits per heavy atom. The van der Waals surface area contributed by atoms with Crippen LogP contribution in [-0.2, 0) is 13.5 Å². The van der Waals surface area contributed by atoms with Gasteiger partial charge in [0.1, 0.15) is 5.52 Å². The van der Waals surface area contributed by atoms with E-state index < -0.39 is 0 Å². The van der Waals surface area contributed by atoms with Gasteiger partial charge in [0.2, 0.25) is 0 Å². The Morgan fingerprint density at radius 3 is 3.00 bits per heavy atom. The molecule has 0 radical (unpaired) electrons. The molecular weight excluding hydrogens is 138 g/mol. The molecule has 11 heavy (non-hydrogen) atoms. The quantitative estimate of drug-likeness (QED) is 0.654. The summed E-state index contributed by atoms with van der Waals surface area (Å²) in [5.41, 5.74) is 3.73. The van der Waals surface area contributed by atoms with Crippen molar-refractivity contribution in [1.29, 1.82) is 0 Å². The van der Waals surface area contributed by atoms with E-state index in [-0.39, 0.29) is 0 Å². The summed E-state index contributed by atoms with van der Waals surface area (Å²) in [4.78, 5) is 4.14. The van der Waals surface area contributed by atoms with E-state index in [0.29, 0.717) is 0 Å². The average molecular weight is 149 g/mol. The van der Waals surface area contributed by atoms with Gasteiger partial charge < -0.3 is 0 Å². The number of nitrogens with one attached hydrogen (secondary N) is 1. The molecule has 58 valence electrons. The van der Waals surface area contributed by atoms with Gasteiger partial charge >= 0.3 is 0 Å². The zero-order chi connectivity index (χ0) is 7.84. The lowest BCUT2D eigenvalue weighted by molar-refractivity contribution is 0.754. The molecule has 0 fully saturated rings. The first-order valence-corrected chi connectivity index (χ1v) is 3.80. The molecule has 0 spiro atoms. The number of hydrogen-bond acceptors (Lipinski definition) is 1. The molecule has 0 saturated heterocycles. The summed E-state index contributed by atoms with van der Waals surface area (Å²) in [7, 11) is 1.99. The zero-order valence-corrected chi connectivity index (χ0v) is 6.76. The second-order valence-corrected chi connectivity index (χ2v) is 2.72. The maximum Gasteiger partial charge on any atom is 0.100 e. The van der Waals surface area contributed by atoms with E-state index in [1.165, 1.54) is 16.6 Å². The van der Waals surface area contributed by atoms with E-state index >= 15 is 0 Å². The normalized spacial score (nSPS) is 11.1. The number of nitrogens with zero attached hydrogens (tertiary/aromatic N) is 2. The molecule has 0 aromatic carbocycles. The zero-order valence-electron chi connectivity index (χ0n) is 6.76. The van der Waals surface area contributed by atoms with Crippen LogP contribution < -0.4 is 0 Å². The molecular formula is C8H11N3. The van der Waals surface area contributed by atoms with Crippen molar-refractivity contribution >= 4 is 11.0 Å². The van der Waals surface area contributed by atoms with E-state index in [0.717, 1.165) is 6.42 Å². The van der Waals surface area contributed by atoms with E-state index in [1.807, 2.05) is 24.1 Å². The Labute approximate surface area is 65.0 Å². The highest BCUT2D eigenvalue weighted by Gasteiger charge is 2.04. The second-order valence-electron chi connectivity index (χ2n) is 2.72. The monoisotopic (exact) mass is 149 g/mol. The van der Waals surface area contributed by atoms with Crippen LogP contribution in [0.3, 0.4) is 0 Å². The molecule has 0 saturated carbocycles. The lowest BCUT2D eigenvalue weighted by Crippen LogP contribution is -2.07. The molecule has 3 nitrogen and oxygen atoms in total. The molecule has 0 atom stereocenters. The maximum absolute atomic E-state index is 4.14. The first-order chi connectivity index (χ1) is 5.33. The minimum absolute atomic E-state index is 1.04. The summed E-state index contributed by atoms with van der Waals surface area (Å²) in [6, 6.07) is 0. The largest absolute Gasteiger partial charge is 0.296 e. The number of H-pyrrole nitrogens is 1. The number of hydrogen-bond donors (Lipinski definition) is 1. The van der Waals surface area contributed by atoms with Crippen LogP contribution >= 0.6 is 0 Å². The molecule has 2 aromatic heterocycles. The van der Waals surface area contributed by atoms with Crippen molar-refractivity contribution in [1.82, 2.24) is 14.8 Å². The number of aryl methyl sites for hydroxylation is 2. The fraction of sp³-hybridized carbons (Fsp3) is 0.375. The highest BCUT2D eigenvalue weighted by atomic mass is 15.3. The van der Waals surface area contributed by atoms with Crippen molar-refractivity contribution in [3.63, 3.8) is 0 Å². The van der Waals surface area contributed by atoms with Gasteiger partial charge in [0, 0.05) is 13.2 Å². The lowest BCUT2D eigenvalue weighted by Gasteiger charge is -2.13. The Kier molecular flexibility index (Phi) is 1.24. The topological polar surface area (TPSA) is 33.6 Å². The number of aromatic amines is 1. The summed E-state index contributed by atoms with van der Waals surface area (Å²) in [6.07, 6.45) is 4.83. The summed E-state index contributed by atoms with van der Waals surface area (Å²) < 4.78 is 1.97. The number of fused-ring (bicyclic) bond motifs is 1. The Hall–Kier alpha value is -1.25. The van der Waals surface area contributed by atoms with E-state index in [2.05, 4.69) is 17.0 Å². The van der Waals surface area contributed by atoms with Crippen molar-refractivity contribution in [2.45, 2.75) is 13.3 Å². The van der Waals surface area contributed by atoms with Crippen LogP contribution in [0.25, 0.3) is 11.0 Å². The maximum atomic E-state index is 4.14. The third-order valence-electron chi connectivity index (χ3n) is 2.03. The summed E-state index contributed by atoms with van der Waals surface area (Å²) >= 11 is 0. The Balaban J connectivity index is 2.67. The molecule has 2 heterocycles. The van der Waals surface area contributed by atoms with Gasteiger partial charge in [-0.25, -0.2) is 0 Å². The van der Waals surface area contributed by atoms with Crippen LogP contribution in [0, 0.1) is 0 Å². The molecule has 2 rings (SSSR count). The third kappa shape index (κ3) is 0.770. The highest BCUT2D eigenvalue weighted by Crippen LogP contribution is 2.16. The van der Waals surface area contributed by atoms with Crippen molar-refractivity contribution in [3.05, 3.63) is 18.0 Å². The predicted octanol–water partition coefficient (Wildman–Crippen LogP) is 1.46. The Bertz CT molecular complexity index is 369. The van der Waals surface area contributed by atoms with E-state index in [1.54, 1.807) is 0 Å². The minimum Gasteiger partial charge on any atom is -0.296 e. The van der Waals surface area contributed by atoms with Crippen LogP contribution in [0.2, 0.25) is 0 Å². The second kappa shape index (κ2) is 2.12. The number of pyridine rings is 1. The molecule has 0 aliphatic carbocycles. The molecule has 0 aliphatic heterocycles. The van der Waals surface area contributed by atoms with Gasteiger partial charge in [0.15, 0.2) is 0 Å². The van der Waals surface area contributed by atoms with Gasteiger partial charge in [-0.15, -0.1) is 0 Å². The number of rotatable bonds is 1. The fourth-order valence-electron chi connectivity index (χ4n) is 1.32. The van der Waals surface area contributed by atoms with Crippen molar-refractivity contribution < 1.29 is 0 Å². The third-order valence-corrected chi connectivity index (χ3v) is 2.03. The molecule has 0 aliphatic rings. The fourth-order valence-corrected chi connectivity index (χ4v) is 1.32. The van der Waals surface area contributed by atoms with Crippen molar-refractivity contribution in [2.75, 3.05) is 0 Å². The Morgan fingerprint density at radius 1 is 1.55 bits per heavy atom. The van der Waals surface area contributed by atoms with Crippen LogP contribution in [0.15, 0.2) is 12.4 Å². The lowest BCUT2D eigenvalue weighted by atomic mass is 10.2. The van der Waals surface area contributed by atoms with Crippen LogP contribution in [-0.4, -0.2) is 14.8 Å². The average Bonchev–Trinajstić information content (AvgIpc) is 2.03. The van der Waals surface area contributed by atoms with Crippen LogP contribution in [0.1, 0.15) is 12.5 Å². The standard InChI is InChI=1S/C8H11N3/c1-3-6-4-9-5-7-8(6)10-11(7)2/h4-5,10H,3H2,1-2H3. The van der Waals surface area contributed by atoms with Gasteiger partial charge in [-0.05, 0) is 12.0 Å². The van der Waals surface area contributed by atoms with E-state index in [9.17, 15) is 0 Å². The molecule has 2 aromatic rings. The summed E-state index contributed by atoms with van der Waals surface area (Å²) in [5.74, 6) is 0. The van der Waals surface area contributed by atoms with Gasteiger partial charge in [0.05, 0.1) is 11.7 Å². The van der Waals surface area contributed by atoms with Gasteiger partial charge in [-0.3, -0.25) is 14.8 Å². The summed E-state index contributed by atoms with van der Waals surface area (Å²) in [5, 5.41) is 3.20. The molecule has 1 N–H and O–H groups in total. The molecule has 0 unspecified atom stereocenters. The SMILES string of the molecule is CCc1cncc2c1[nH]n2C. The van der Waals surface area contributed by atoms with Gasteiger partial charge in [0.25, 0.3) is 0 Å². The smallest absolute Gasteiger partial charge is 0.100 e. The molecule has 3 heteroatoms. The molecule has 0 bridgehead atoms. The number of aromatic nitrogens is 3. The summed E-state index contributed by atoms with van der Waals surface area (Å²) in [6.45, 7) is 2.14. The van der Waals surface area contributed by atoms with Gasteiger partial charge in [-0.1, -0.05) is 6.92 Å². The van der Waals surface area contributed by atoms with Crippen molar-refractivity contribution in [2.24, 2.45) is 7.05 Å². The van der Waals surface area contributed by atoms with Gasteiger partial charge in [-0.2, -0.15) is 0 Å². The molecule has 0 amide bonds. The van der Waals surface area contributed by atoms with Crippen LogP contribution in [0.4, 0.5) is 0 Å². The highest BCUT2D eigenvalue weighted by molar-refractivity contribution is 5.79. The first kappa shape index (κ1) is 6.46.